The number of amides is 1. The zero-order valence-corrected chi connectivity index (χ0v) is 9.53. The molecule has 86 valence electrons. The second-order valence-electron chi connectivity index (χ2n) is 4.15. The van der Waals surface area contributed by atoms with Crippen LogP contribution in [-0.2, 0) is 16.1 Å². The average molecular weight is 219 g/mol. The molecule has 1 aliphatic rings. The van der Waals surface area contributed by atoms with Crippen molar-refractivity contribution in [2.75, 3.05) is 6.61 Å². The summed E-state index contributed by atoms with van der Waals surface area (Å²) in [6.45, 7) is 3.35. The monoisotopic (exact) mass is 219 g/mol. The van der Waals surface area contributed by atoms with Crippen molar-refractivity contribution in [2.45, 2.75) is 32.4 Å². The fraction of sp³-hybridized carbons (Fsp3) is 0.462. The van der Waals surface area contributed by atoms with Gasteiger partial charge < -0.3 is 10.1 Å². The molecule has 0 aliphatic carbocycles. The molecule has 1 aliphatic heterocycles. The zero-order valence-electron chi connectivity index (χ0n) is 9.53. The third-order valence-electron chi connectivity index (χ3n) is 2.94. The quantitative estimate of drug-likeness (QED) is 0.841. The number of carbonyl (C=O) groups is 1. The van der Waals surface area contributed by atoms with Crippen LogP contribution in [0.5, 0.6) is 0 Å². The van der Waals surface area contributed by atoms with E-state index in [0.717, 1.165) is 18.4 Å². The summed E-state index contributed by atoms with van der Waals surface area (Å²) in [6.07, 6.45) is 1.60. The highest BCUT2D eigenvalue weighted by molar-refractivity contribution is 5.80. The maximum Gasteiger partial charge on any atom is 0.249 e. The van der Waals surface area contributed by atoms with Crippen LogP contribution < -0.4 is 5.32 Å². The van der Waals surface area contributed by atoms with Gasteiger partial charge in [-0.3, -0.25) is 4.79 Å². The van der Waals surface area contributed by atoms with Crippen LogP contribution in [0.25, 0.3) is 0 Å². The summed E-state index contributed by atoms with van der Waals surface area (Å²) in [5.74, 6) is 0.0146. The average Bonchev–Trinajstić information content (AvgIpc) is 2.81. The number of ether oxygens (including phenoxy) is 1. The molecule has 1 atom stereocenters. The maximum absolute atomic E-state index is 11.7. The molecule has 0 aromatic heterocycles. The van der Waals surface area contributed by atoms with Crippen molar-refractivity contribution in [1.29, 1.82) is 0 Å². The van der Waals surface area contributed by atoms with Crippen molar-refractivity contribution in [2.24, 2.45) is 0 Å². The Bertz CT molecular complexity index is 370. The van der Waals surface area contributed by atoms with E-state index in [-0.39, 0.29) is 12.0 Å². The van der Waals surface area contributed by atoms with E-state index >= 15 is 0 Å². The van der Waals surface area contributed by atoms with Gasteiger partial charge in [-0.2, -0.15) is 0 Å². The van der Waals surface area contributed by atoms with E-state index in [1.807, 2.05) is 31.2 Å². The molecule has 2 rings (SSSR count). The van der Waals surface area contributed by atoms with Crippen LogP contribution in [-0.4, -0.2) is 18.6 Å². The molecular weight excluding hydrogens is 202 g/mol. The summed E-state index contributed by atoms with van der Waals surface area (Å²) in [5, 5.41) is 2.92. The Balaban J connectivity index is 1.87. The topological polar surface area (TPSA) is 38.3 Å². The molecule has 1 saturated heterocycles. The first kappa shape index (κ1) is 11.1. The number of carbonyl (C=O) groups excluding carboxylic acids is 1. The van der Waals surface area contributed by atoms with E-state index in [4.69, 9.17) is 4.74 Å². The maximum atomic E-state index is 11.7. The molecule has 1 amide bonds. The first-order valence-corrected chi connectivity index (χ1v) is 5.71. The van der Waals surface area contributed by atoms with E-state index in [1.54, 1.807) is 0 Å². The molecule has 3 nitrogen and oxygen atoms in total. The molecular formula is C13H17NO2. The summed E-state index contributed by atoms with van der Waals surface area (Å²) in [5.41, 5.74) is 2.36. The van der Waals surface area contributed by atoms with Gasteiger partial charge in [0.05, 0.1) is 0 Å². The fourth-order valence-electron chi connectivity index (χ4n) is 1.89. The zero-order chi connectivity index (χ0) is 11.4. The minimum atomic E-state index is -0.232. The Kier molecular flexibility index (Phi) is 3.57. The van der Waals surface area contributed by atoms with Crippen molar-refractivity contribution >= 4 is 5.91 Å². The molecule has 1 aromatic carbocycles. The molecule has 1 N–H and O–H groups in total. The van der Waals surface area contributed by atoms with E-state index in [9.17, 15) is 4.79 Å². The third-order valence-corrected chi connectivity index (χ3v) is 2.94. The van der Waals surface area contributed by atoms with E-state index in [0.29, 0.717) is 13.2 Å². The van der Waals surface area contributed by atoms with Crippen LogP contribution in [0, 0.1) is 6.92 Å². The summed E-state index contributed by atoms with van der Waals surface area (Å²) >= 11 is 0. The number of hydrogen-bond acceptors (Lipinski definition) is 2. The van der Waals surface area contributed by atoms with Crippen LogP contribution >= 0.6 is 0 Å². The second-order valence-corrected chi connectivity index (χ2v) is 4.15. The van der Waals surface area contributed by atoms with E-state index in [1.165, 1.54) is 5.56 Å². The van der Waals surface area contributed by atoms with Crippen LogP contribution in [0.2, 0.25) is 0 Å². The third kappa shape index (κ3) is 2.61. The van der Waals surface area contributed by atoms with Gasteiger partial charge in [-0.05, 0) is 30.9 Å². The van der Waals surface area contributed by atoms with Crippen LogP contribution in [0.4, 0.5) is 0 Å². The highest BCUT2D eigenvalue weighted by Crippen LogP contribution is 2.12. The van der Waals surface area contributed by atoms with Gasteiger partial charge in [0.15, 0.2) is 0 Å². The van der Waals surface area contributed by atoms with E-state index in [2.05, 4.69) is 5.32 Å². The predicted molar refractivity (Wildman–Crippen MR) is 62.0 cm³/mol. The standard InChI is InChI=1S/C13H17NO2/c1-10-5-2-3-6-11(10)9-14-13(15)12-7-4-8-16-12/h2-3,5-6,12H,4,7-9H2,1H3,(H,14,15). The van der Waals surface area contributed by atoms with Crippen LogP contribution in [0.15, 0.2) is 24.3 Å². The molecule has 1 fully saturated rings. The smallest absolute Gasteiger partial charge is 0.249 e. The largest absolute Gasteiger partial charge is 0.368 e. The van der Waals surface area contributed by atoms with Gasteiger partial charge in [0.1, 0.15) is 6.10 Å². The van der Waals surface area contributed by atoms with Gasteiger partial charge >= 0.3 is 0 Å². The molecule has 1 aromatic rings. The Morgan fingerprint density at radius 3 is 3.00 bits per heavy atom. The molecule has 0 saturated carbocycles. The Hall–Kier alpha value is -1.35. The van der Waals surface area contributed by atoms with Crippen molar-refractivity contribution in [3.05, 3.63) is 35.4 Å². The molecule has 3 heteroatoms. The van der Waals surface area contributed by atoms with Crippen molar-refractivity contribution < 1.29 is 9.53 Å². The lowest BCUT2D eigenvalue weighted by atomic mass is 10.1. The van der Waals surface area contributed by atoms with Crippen molar-refractivity contribution in [3.8, 4) is 0 Å². The number of nitrogens with one attached hydrogen (secondary N) is 1. The first-order valence-electron chi connectivity index (χ1n) is 5.71. The molecule has 16 heavy (non-hydrogen) atoms. The highest BCUT2D eigenvalue weighted by Gasteiger charge is 2.22. The van der Waals surface area contributed by atoms with Gasteiger partial charge in [0.2, 0.25) is 5.91 Å². The lowest BCUT2D eigenvalue weighted by Gasteiger charge is -2.11. The minimum Gasteiger partial charge on any atom is -0.368 e. The molecule has 1 heterocycles. The van der Waals surface area contributed by atoms with Gasteiger partial charge in [0, 0.05) is 13.2 Å². The van der Waals surface area contributed by atoms with Crippen molar-refractivity contribution in [3.63, 3.8) is 0 Å². The van der Waals surface area contributed by atoms with Crippen LogP contribution in [0.3, 0.4) is 0 Å². The molecule has 0 spiro atoms. The summed E-state index contributed by atoms with van der Waals surface area (Å²) in [4.78, 5) is 11.7. The molecule has 1 unspecified atom stereocenters. The number of rotatable bonds is 3. The Morgan fingerprint density at radius 1 is 1.50 bits per heavy atom. The normalized spacial score (nSPS) is 19.7. The van der Waals surface area contributed by atoms with E-state index < -0.39 is 0 Å². The Morgan fingerprint density at radius 2 is 2.31 bits per heavy atom. The lowest BCUT2D eigenvalue weighted by Crippen LogP contribution is -2.33. The number of hydrogen-bond donors (Lipinski definition) is 1. The highest BCUT2D eigenvalue weighted by atomic mass is 16.5. The summed E-state index contributed by atoms with van der Waals surface area (Å²) in [7, 11) is 0. The summed E-state index contributed by atoms with van der Waals surface area (Å²) in [6, 6.07) is 8.07. The predicted octanol–water partition coefficient (Wildman–Crippen LogP) is 1.79. The Labute approximate surface area is 95.8 Å². The first-order chi connectivity index (χ1) is 7.77. The lowest BCUT2D eigenvalue weighted by molar-refractivity contribution is -0.130. The molecule has 0 radical (unpaired) electrons. The van der Waals surface area contributed by atoms with Crippen LogP contribution in [0.1, 0.15) is 24.0 Å². The van der Waals surface area contributed by atoms with Gasteiger partial charge in [-0.15, -0.1) is 0 Å². The van der Waals surface area contributed by atoms with Gasteiger partial charge in [0.25, 0.3) is 0 Å². The minimum absolute atomic E-state index is 0.0146. The second kappa shape index (κ2) is 5.12. The SMILES string of the molecule is Cc1ccccc1CNC(=O)C1CCCO1. The molecule has 0 bridgehead atoms. The number of benzene rings is 1. The fourth-order valence-corrected chi connectivity index (χ4v) is 1.89. The van der Waals surface area contributed by atoms with Gasteiger partial charge in [-0.1, -0.05) is 24.3 Å². The summed E-state index contributed by atoms with van der Waals surface area (Å²) < 4.78 is 5.32. The van der Waals surface area contributed by atoms with Crippen molar-refractivity contribution in [1.82, 2.24) is 5.32 Å². The van der Waals surface area contributed by atoms with Gasteiger partial charge in [-0.25, -0.2) is 0 Å². The number of aryl methyl sites for hydroxylation is 1.